The summed E-state index contributed by atoms with van der Waals surface area (Å²) in [5, 5.41) is 16.8. The van der Waals surface area contributed by atoms with E-state index in [1.165, 1.54) is 55.4 Å². The Morgan fingerprint density at radius 3 is 2.55 bits per heavy atom. The second kappa shape index (κ2) is 10.3. The molecule has 0 saturated heterocycles. The van der Waals surface area contributed by atoms with Crippen LogP contribution in [0.1, 0.15) is 40.0 Å². The van der Waals surface area contributed by atoms with Crippen LogP contribution in [0.5, 0.6) is 0 Å². The van der Waals surface area contributed by atoms with Crippen LogP contribution in [0.2, 0.25) is 0 Å². The highest BCUT2D eigenvalue weighted by molar-refractivity contribution is 6.04. The van der Waals surface area contributed by atoms with Gasteiger partial charge in [0.15, 0.2) is 5.65 Å². The highest BCUT2D eigenvalue weighted by atomic mass is 19.4. The Bertz CT molecular complexity index is 1550. The van der Waals surface area contributed by atoms with Crippen molar-refractivity contribution in [2.75, 3.05) is 11.1 Å². The lowest BCUT2D eigenvalue weighted by molar-refractivity contribution is -0.137. The highest BCUT2D eigenvalue weighted by Gasteiger charge is 2.30. The lowest BCUT2D eigenvalue weighted by Crippen LogP contribution is -2.14. The number of anilines is 2. The third kappa shape index (κ3) is 5.31. The third-order valence-corrected chi connectivity index (χ3v) is 6.08. The maximum atomic E-state index is 12.8. The number of nitrogens with two attached hydrogens (primary N) is 1. The first-order chi connectivity index (χ1) is 18.3. The van der Waals surface area contributed by atoms with Gasteiger partial charge in [0.1, 0.15) is 18.0 Å². The number of fused-ring (bicyclic) bond motifs is 2. The fraction of sp³-hybridized carbons (Fsp3) is 0.200. The molecular formula is C25H22F3N9O. The van der Waals surface area contributed by atoms with E-state index in [1.54, 1.807) is 12.1 Å². The molecule has 0 fully saturated rings. The molecule has 0 atom stereocenters. The topological polar surface area (TPSA) is 151 Å². The van der Waals surface area contributed by atoms with Crippen LogP contribution in [0.4, 0.5) is 24.8 Å². The number of rotatable bonds is 3. The number of carbonyl (C=O) groups is 1. The van der Waals surface area contributed by atoms with Crippen molar-refractivity contribution in [2.45, 2.75) is 31.9 Å². The maximum absolute atomic E-state index is 12.8. The van der Waals surface area contributed by atoms with Crippen molar-refractivity contribution >= 4 is 28.6 Å². The van der Waals surface area contributed by atoms with Crippen molar-refractivity contribution in [3.63, 3.8) is 0 Å². The number of hydrogen-bond donors (Lipinski definition) is 4. The number of aryl methyl sites for hydroxylation is 2. The van der Waals surface area contributed by atoms with Crippen molar-refractivity contribution in [3.8, 4) is 11.3 Å². The van der Waals surface area contributed by atoms with E-state index in [2.05, 4.69) is 40.7 Å². The van der Waals surface area contributed by atoms with Crippen molar-refractivity contribution < 1.29 is 18.0 Å². The van der Waals surface area contributed by atoms with Crippen LogP contribution in [0.25, 0.3) is 22.3 Å². The van der Waals surface area contributed by atoms with Gasteiger partial charge in [-0.1, -0.05) is 12.1 Å². The number of amides is 1. The lowest BCUT2D eigenvalue weighted by Gasteiger charge is -2.09. The molecular weight excluding hydrogens is 499 g/mol. The van der Waals surface area contributed by atoms with Crippen LogP contribution in [0.3, 0.4) is 0 Å². The van der Waals surface area contributed by atoms with Gasteiger partial charge in [-0.05, 0) is 55.5 Å². The summed E-state index contributed by atoms with van der Waals surface area (Å²) < 4.78 is 38.3. The Kier molecular flexibility index (Phi) is 6.73. The molecule has 0 bridgehead atoms. The van der Waals surface area contributed by atoms with Crippen LogP contribution in [0.15, 0.2) is 55.1 Å². The van der Waals surface area contributed by atoms with Crippen LogP contribution in [0, 0.1) is 0 Å². The minimum absolute atomic E-state index is 0.196. The van der Waals surface area contributed by atoms with E-state index in [0.29, 0.717) is 22.3 Å². The van der Waals surface area contributed by atoms with E-state index in [4.69, 9.17) is 5.73 Å². The molecule has 10 nitrogen and oxygen atoms in total. The molecule has 194 valence electrons. The first-order valence-electron chi connectivity index (χ1n) is 11.7. The van der Waals surface area contributed by atoms with E-state index in [0.717, 1.165) is 18.3 Å². The SMILES string of the molecule is Nc1ncnc2n[nH]c(-c3ccc(C(=O)Nc4cc(C(F)(F)F)ccn4)cc3)c12.c1n[nH]c2c1CCCC2. The summed E-state index contributed by atoms with van der Waals surface area (Å²) in [6.07, 6.45) is 4.81. The Morgan fingerprint density at radius 1 is 1.00 bits per heavy atom. The molecule has 1 aliphatic carbocycles. The van der Waals surface area contributed by atoms with Crippen LogP contribution < -0.4 is 11.1 Å². The fourth-order valence-electron chi connectivity index (χ4n) is 4.13. The van der Waals surface area contributed by atoms with Crippen molar-refractivity contribution in [3.05, 3.63) is 77.5 Å². The normalized spacial score (nSPS) is 12.9. The molecule has 0 saturated carbocycles. The van der Waals surface area contributed by atoms with Gasteiger partial charge < -0.3 is 11.1 Å². The first kappa shape index (κ1) is 24.9. The molecule has 6 rings (SSSR count). The minimum atomic E-state index is -4.53. The first-order valence-corrected chi connectivity index (χ1v) is 11.7. The summed E-state index contributed by atoms with van der Waals surface area (Å²) >= 11 is 0. The molecule has 38 heavy (non-hydrogen) atoms. The second-order valence-corrected chi connectivity index (χ2v) is 8.60. The number of benzene rings is 1. The van der Waals surface area contributed by atoms with Gasteiger partial charge in [-0.15, -0.1) is 0 Å². The van der Waals surface area contributed by atoms with E-state index in [1.807, 2.05) is 6.20 Å². The fourth-order valence-corrected chi connectivity index (χ4v) is 4.13. The number of pyridine rings is 1. The lowest BCUT2D eigenvalue weighted by atomic mass is 9.99. The quantitative estimate of drug-likeness (QED) is 0.272. The Hall–Kier alpha value is -4.81. The predicted molar refractivity (Wildman–Crippen MR) is 134 cm³/mol. The highest BCUT2D eigenvalue weighted by Crippen LogP contribution is 2.30. The summed E-state index contributed by atoms with van der Waals surface area (Å²) in [4.78, 5) is 24.1. The summed E-state index contributed by atoms with van der Waals surface area (Å²) in [5.41, 5.74) is 9.69. The Morgan fingerprint density at radius 2 is 1.79 bits per heavy atom. The monoisotopic (exact) mass is 521 g/mol. The molecule has 5 N–H and O–H groups in total. The summed E-state index contributed by atoms with van der Waals surface area (Å²) in [5.74, 6) is -0.532. The summed E-state index contributed by atoms with van der Waals surface area (Å²) in [6, 6.07) is 7.93. The Balaban J connectivity index is 0.000000273. The average molecular weight is 522 g/mol. The number of halogens is 3. The smallest absolute Gasteiger partial charge is 0.383 e. The minimum Gasteiger partial charge on any atom is -0.383 e. The number of aromatic amines is 2. The molecule has 1 amide bonds. The number of nitrogens with zero attached hydrogens (tertiary/aromatic N) is 5. The van der Waals surface area contributed by atoms with Gasteiger partial charge in [-0.3, -0.25) is 15.0 Å². The van der Waals surface area contributed by atoms with Gasteiger partial charge in [0.25, 0.3) is 5.91 Å². The van der Waals surface area contributed by atoms with Gasteiger partial charge in [-0.2, -0.15) is 23.4 Å². The number of carbonyl (C=O) groups excluding carboxylic acids is 1. The van der Waals surface area contributed by atoms with Crippen molar-refractivity contribution in [1.29, 1.82) is 0 Å². The van der Waals surface area contributed by atoms with Gasteiger partial charge in [0, 0.05) is 23.0 Å². The van der Waals surface area contributed by atoms with E-state index < -0.39 is 17.6 Å². The predicted octanol–water partition coefficient (Wildman–Crippen LogP) is 4.56. The third-order valence-electron chi connectivity index (χ3n) is 6.08. The molecule has 4 aromatic heterocycles. The molecule has 5 aromatic rings. The molecule has 13 heteroatoms. The average Bonchev–Trinajstić information content (AvgIpc) is 3.57. The molecule has 4 heterocycles. The van der Waals surface area contributed by atoms with Gasteiger partial charge in [-0.25, -0.2) is 15.0 Å². The molecule has 1 aromatic carbocycles. The Labute approximate surface area is 213 Å². The summed E-state index contributed by atoms with van der Waals surface area (Å²) in [7, 11) is 0. The molecule has 0 radical (unpaired) electrons. The number of nitrogen functional groups attached to an aromatic ring is 1. The number of nitrogens with one attached hydrogen (secondary N) is 3. The second-order valence-electron chi connectivity index (χ2n) is 8.60. The molecule has 0 unspecified atom stereocenters. The molecule has 0 spiro atoms. The standard InChI is InChI=1S/C18H12F3N7O.C7H10N2/c19-18(20,21)11-5-6-23-12(7-11)26-17(29)10-3-1-9(2-4-10)14-13-15(22)24-8-25-16(13)28-27-14;1-2-4-7-6(3-1)5-8-9-7/h1-8H,(H,23,26,29)(H3,22,24,25,27,28);5H,1-4H2,(H,8,9). The van der Waals surface area contributed by atoms with E-state index in [9.17, 15) is 18.0 Å². The van der Waals surface area contributed by atoms with Crippen molar-refractivity contribution in [2.24, 2.45) is 0 Å². The number of aromatic nitrogens is 7. The molecule has 0 aliphatic heterocycles. The largest absolute Gasteiger partial charge is 0.416 e. The zero-order chi connectivity index (χ0) is 26.7. The van der Waals surface area contributed by atoms with E-state index in [-0.39, 0.29) is 17.2 Å². The molecule has 1 aliphatic rings. The van der Waals surface area contributed by atoms with Gasteiger partial charge in [0.2, 0.25) is 0 Å². The zero-order valence-corrected chi connectivity index (χ0v) is 19.9. The zero-order valence-electron chi connectivity index (χ0n) is 19.9. The summed E-state index contributed by atoms with van der Waals surface area (Å²) in [6.45, 7) is 0. The van der Waals surface area contributed by atoms with Gasteiger partial charge >= 0.3 is 6.18 Å². The number of hydrogen-bond acceptors (Lipinski definition) is 7. The van der Waals surface area contributed by atoms with Crippen LogP contribution in [-0.2, 0) is 19.0 Å². The van der Waals surface area contributed by atoms with Crippen molar-refractivity contribution in [1.82, 2.24) is 35.3 Å². The van der Waals surface area contributed by atoms with Gasteiger partial charge in [0.05, 0.1) is 22.8 Å². The van der Waals surface area contributed by atoms with E-state index >= 15 is 0 Å². The maximum Gasteiger partial charge on any atom is 0.416 e. The van der Waals surface area contributed by atoms with Crippen LogP contribution in [-0.4, -0.2) is 41.3 Å². The number of H-pyrrole nitrogens is 2. The van der Waals surface area contributed by atoms with Crippen LogP contribution >= 0.6 is 0 Å². The number of alkyl halides is 3.